The van der Waals surface area contributed by atoms with Crippen molar-refractivity contribution < 1.29 is 19.3 Å². The Labute approximate surface area is 101 Å². The maximum Gasteiger partial charge on any atom is 0.161 e. The fraction of sp³-hybridized carbons (Fsp3) is 0.538. The molecule has 17 heavy (non-hydrogen) atoms. The van der Waals surface area contributed by atoms with Crippen LogP contribution in [0.2, 0.25) is 0 Å². The van der Waals surface area contributed by atoms with Crippen LogP contribution in [-0.2, 0) is 4.74 Å². The SMILES string of the molecule is COCC(C)C(O)c1ccc2c(c1)OCCO2. The molecule has 0 radical (unpaired) electrons. The molecule has 1 aliphatic rings. The van der Waals surface area contributed by atoms with Gasteiger partial charge in [0.1, 0.15) is 13.2 Å². The Morgan fingerprint density at radius 1 is 1.29 bits per heavy atom. The molecule has 0 bridgehead atoms. The number of aliphatic hydroxyl groups excluding tert-OH is 1. The second-order valence-corrected chi connectivity index (χ2v) is 4.28. The molecule has 1 heterocycles. The van der Waals surface area contributed by atoms with Gasteiger partial charge in [-0.25, -0.2) is 0 Å². The van der Waals surface area contributed by atoms with Gasteiger partial charge in [-0.05, 0) is 17.7 Å². The number of methoxy groups -OCH3 is 1. The van der Waals surface area contributed by atoms with E-state index in [0.29, 0.717) is 25.6 Å². The lowest BCUT2D eigenvalue weighted by atomic mass is 9.98. The predicted molar refractivity (Wildman–Crippen MR) is 63.4 cm³/mol. The van der Waals surface area contributed by atoms with Gasteiger partial charge in [0, 0.05) is 13.0 Å². The van der Waals surface area contributed by atoms with Crippen LogP contribution in [0.25, 0.3) is 0 Å². The first-order valence-electron chi connectivity index (χ1n) is 5.79. The molecular formula is C13H18O4. The van der Waals surface area contributed by atoms with E-state index < -0.39 is 6.10 Å². The zero-order valence-corrected chi connectivity index (χ0v) is 10.2. The van der Waals surface area contributed by atoms with E-state index in [-0.39, 0.29) is 5.92 Å². The minimum absolute atomic E-state index is 0.0440. The molecule has 2 rings (SSSR count). The fourth-order valence-electron chi connectivity index (χ4n) is 1.93. The second-order valence-electron chi connectivity index (χ2n) is 4.28. The normalized spacial score (nSPS) is 17.6. The molecule has 0 saturated heterocycles. The van der Waals surface area contributed by atoms with Crippen molar-refractivity contribution in [1.82, 2.24) is 0 Å². The Bertz CT molecular complexity index is 378. The van der Waals surface area contributed by atoms with Crippen LogP contribution in [-0.4, -0.2) is 32.0 Å². The molecule has 2 unspecified atom stereocenters. The zero-order chi connectivity index (χ0) is 12.3. The number of rotatable bonds is 4. The molecule has 2 atom stereocenters. The molecule has 1 aromatic rings. The van der Waals surface area contributed by atoms with Gasteiger partial charge in [-0.1, -0.05) is 13.0 Å². The van der Waals surface area contributed by atoms with E-state index in [0.717, 1.165) is 11.3 Å². The van der Waals surface area contributed by atoms with Gasteiger partial charge >= 0.3 is 0 Å². The average molecular weight is 238 g/mol. The lowest BCUT2D eigenvalue weighted by molar-refractivity contribution is 0.0562. The minimum atomic E-state index is -0.550. The topological polar surface area (TPSA) is 47.9 Å². The summed E-state index contributed by atoms with van der Waals surface area (Å²) in [6.07, 6.45) is -0.550. The second kappa shape index (κ2) is 5.38. The quantitative estimate of drug-likeness (QED) is 0.868. The number of aliphatic hydroxyl groups is 1. The Kier molecular flexibility index (Phi) is 3.86. The molecule has 94 valence electrons. The molecule has 4 nitrogen and oxygen atoms in total. The largest absolute Gasteiger partial charge is 0.486 e. The van der Waals surface area contributed by atoms with E-state index in [4.69, 9.17) is 14.2 Å². The molecule has 0 aromatic heterocycles. The van der Waals surface area contributed by atoms with Crippen molar-refractivity contribution in [2.24, 2.45) is 5.92 Å². The van der Waals surface area contributed by atoms with Gasteiger partial charge in [-0.15, -0.1) is 0 Å². The van der Waals surface area contributed by atoms with Crippen LogP contribution in [0.5, 0.6) is 11.5 Å². The van der Waals surface area contributed by atoms with Crippen molar-refractivity contribution in [3.8, 4) is 11.5 Å². The van der Waals surface area contributed by atoms with Gasteiger partial charge in [0.2, 0.25) is 0 Å². The van der Waals surface area contributed by atoms with Crippen molar-refractivity contribution in [2.45, 2.75) is 13.0 Å². The molecule has 0 aliphatic carbocycles. The first-order valence-corrected chi connectivity index (χ1v) is 5.79. The van der Waals surface area contributed by atoms with Crippen molar-refractivity contribution in [3.63, 3.8) is 0 Å². The fourth-order valence-corrected chi connectivity index (χ4v) is 1.93. The summed E-state index contributed by atoms with van der Waals surface area (Å²) >= 11 is 0. The maximum atomic E-state index is 10.1. The maximum absolute atomic E-state index is 10.1. The number of ether oxygens (including phenoxy) is 3. The van der Waals surface area contributed by atoms with Gasteiger partial charge in [0.25, 0.3) is 0 Å². The lowest BCUT2D eigenvalue weighted by Gasteiger charge is -2.22. The molecule has 0 spiro atoms. The smallest absolute Gasteiger partial charge is 0.161 e. The summed E-state index contributed by atoms with van der Waals surface area (Å²) in [5.74, 6) is 1.49. The van der Waals surface area contributed by atoms with E-state index >= 15 is 0 Å². The van der Waals surface area contributed by atoms with Gasteiger partial charge < -0.3 is 19.3 Å². The number of hydrogen-bond acceptors (Lipinski definition) is 4. The molecule has 4 heteroatoms. The van der Waals surface area contributed by atoms with Gasteiger partial charge in [-0.3, -0.25) is 0 Å². The molecular weight excluding hydrogens is 220 g/mol. The van der Waals surface area contributed by atoms with E-state index in [1.807, 2.05) is 25.1 Å². The highest BCUT2D eigenvalue weighted by Crippen LogP contribution is 2.34. The lowest BCUT2D eigenvalue weighted by Crippen LogP contribution is -2.17. The van der Waals surface area contributed by atoms with E-state index in [9.17, 15) is 5.11 Å². The molecule has 0 fully saturated rings. The summed E-state index contributed by atoms with van der Waals surface area (Å²) in [4.78, 5) is 0. The Balaban J connectivity index is 2.15. The summed E-state index contributed by atoms with van der Waals surface area (Å²) in [6.45, 7) is 3.61. The number of benzene rings is 1. The first kappa shape index (κ1) is 12.2. The van der Waals surface area contributed by atoms with E-state index in [1.54, 1.807) is 7.11 Å². The van der Waals surface area contributed by atoms with E-state index in [1.165, 1.54) is 0 Å². The van der Waals surface area contributed by atoms with Gasteiger partial charge in [0.15, 0.2) is 11.5 Å². The van der Waals surface area contributed by atoms with Gasteiger partial charge in [0.05, 0.1) is 12.7 Å². The Hall–Kier alpha value is -1.26. The summed E-state index contributed by atoms with van der Waals surface area (Å²) in [5.41, 5.74) is 0.832. The van der Waals surface area contributed by atoms with Crippen molar-refractivity contribution in [2.75, 3.05) is 26.9 Å². The Morgan fingerprint density at radius 2 is 2.00 bits per heavy atom. The van der Waals surface area contributed by atoms with Crippen molar-refractivity contribution in [3.05, 3.63) is 23.8 Å². The van der Waals surface area contributed by atoms with Crippen molar-refractivity contribution in [1.29, 1.82) is 0 Å². The van der Waals surface area contributed by atoms with Crippen LogP contribution in [0.15, 0.2) is 18.2 Å². The van der Waals surface area contributed by atoms with Crippen LogP contribution in [0.1, 0.15) is 18.6 Å². The van der Waals surface area contributed by atoms with Crippen LogP contribution >= 0.6 is 0 Å². The summed E-state index contributed by atoms with van der Waals surface area (Å²) < 4.78 is 16.0. The highest BCUT2D eigenvalue weighted by atomic mass is 16.6. The Morgan fingerprint density at radius 3 is 2.71 bits per heavy atom. The zero-order valence-electron chi connectivity index (χ0n) is 10.2. The van der Waals surface area contributed by atoms with Crippen LogP contribution in [0, 0.1) is 5.92 Å². The number of fused-ring (bicyclic) bond motifs is 1. The van der Waals surface area contributed by atoms with E-state index in [2.05, 4.69) is 0 Å². The third-order valence-electron chi connectivity index (χ3n) is 2.88. The molecule has 1 aliphatic heterocycles. The van der Waals surface area contributed by atoms with Crippen LogP contribution < -0.4 is 9.47 Å². The summed E-state index contributed by atoms with van der Waals surface area (Å²) in [6, 6.07) is 5.54. The van der Waals surface area contributed by atoms with Crippen LogP contribution in [0.3, 0.4) is 0 Å². The minimum Gasteiger partial charge on any atom is -0.486 e. The molecule has 1 N–H and O–H groups in total. The molecule has 1 aromatic carbocycles. The monoisotopic (exact) mass is 238 g/mol. The highest BCUT2D eigenvalue weighted by Gasteiger charge is 2.19. The van der Waals surface area contributed by atoms with Crippen LogP contribution in [0.4, 0.5) is 0 Å². The third-order valence-corrected chi connectivity index (χ3v) is 2.88. The first-order chi connectivity index (χ1) is 8.22. The highest BCUT2D eigenvalue weighted by molar-refractivity contribution is 5.44. The number of hydrogen-bond donors (Lipinski definition) is 1. The summed E-state index contributed by atoms with van der Waals surface area (Å²) in [5, 5.41) is 10.1. The van der Waals surface area contributed by atoms with Gasteiger partial charge in [-0.2, -0.15) is 0 Å². The summed E-state index contributed by atoms with van der Waals surface area (Å²) in [7, 11) is 1.63. The van der Waals surface area contributed by atoms with Crippen molar-refractivity contribution >= 4 is 0 Å². The molecule has 0 saturated carbocycles. The standard InChI is InChI=1S/C13H18O4/c1-9(8-15-2)13(14)10-3-4-11-12(7-10)17-6-5-16-11/h3-4,7,9,13-14H,5-6,8H2,1-2H3. The molecule has 0 amide bonds. The predicted octanol–water partition coefficient (Wildman–Crippen LogP) is 1.77. The average Bonchev–Trinajstić information content (AvgIpc) is 2.37. The third kappa shape index (κ3) is 2.70.